The van der Waals surface area contributed by atoms with E-state index in [4.69, 9.17) is 0 Å². The molecule has 3 heteroatoms. The summed E-state index contributed by atoms with van der Waals surface area (Å²) in [4.78, 5) is 8.07. The molecular formula is C18H35N3. The van der Waals surface area contributed by atoms with Crippen molar-refractivity contribution < 1.29 is 0 Å². The zero-order chi connectivity index (χ0) is 15.0. The average Bonchev–Trinajstić information content (AvgIpc) is 2.97. The Labute approximate surface area is 131 Å². The largest absolute Gasteiger partial charge is 0.301 e. The van der Waals surface area contributed by atoms with Crippen molar-refractivity contribution in [2.24, 2.45) is 17.8 Å². The monoisotopic (exact) mass is 293 g/mol. The molecule has 0 aromatic heterocycles. The molecule has 0 N–H and O–H groups in total. The van der Waals surface area contributed by atoms with E-state index in [2.05, 4.69) is 42.4 Å². The van der Waals surface area contributed by atoms with Crippen LogP contribution in [0.25, 0.3) is 0 Å². The fourth-order valence-corrected chi connectivity index (χ4v) is 4.86. The summed E-state index contributed by atoms with van der Waals surface area (Å²) in [6.07, 6.45) is 3.00. The first-order chi connectivity index (χ1) is 10.0. The SMILES string of the molecule is CC(C)N1CCN(CC2CC3CN(C(C)C)CC3C2)CC1. The maximum absolute atomic E-state index is 2.74. The highest BCUT2D eigenvalue weighted by molar-refractivity contribution is 4.94. The van der Waals surface area contributed by atoms with Gasteiger partial charge in [0.05, 0.1) is 0 Å². The zero-order valence-electron chi connectivity index (χ0n) is 14.6. The molecule has 2 saturated heterocycles. The number of hydrogen-bond acceptors (Lipinski definition) is 3. The van der Waals surface area contributed by atoms with E-state index in [1.807, 2.05) is 0 Å². The van der Waals surface area contributed by atoms with E-state index in [9.17, 15) is 0 Å². The van der Waals surface area contributed by atoms with Crippen LogP contribution in [0.3, 0.4) is 0 Å². The quantitative estimate of drug-likeness (QED) is 0.788. The summed E-state index contributed by atoms with van der Waals surface area (Å²) in [5, 5.41) is 0. The van der Waals surface area contributed by atoms with E-state index >= 15 is 0 Å². The lowest BCUT2D eigenvalue weighted by Gasteiger charge is -2.38. The third-order valence-corrected chi connectivity index (χ3v) is 6.26. The molecule has 3 nitrogen and oxygen atoms in total. The van der Waals surface area contributed by atoms with Gasteiger partial charge in [0.2, 0.25) is 0 Å². The molecule has 1 aliphatic carbocycles. The summed E-state index contributed by atoms with van der Waals surface area (Å²) in [7, 11) is 0. The van der Waals surface area contributed by atoms with Gasteiger partial charge in [-0.15, -0.1) is 0 Å². The Morgan fingerprint density at radius 3 is 1.76 bits per heavy atom. The fraction of sp³-hybridized carbons (Fsp3) is 1.00. The lowest BCUT2D eigenvalue weighted by molar-refractivity contribution is 0.0953. The van der Waals surface area contributed by atoms with Crippen LogP contribution in [0.2, 0.25) is 0 Å². The van der Waals surface area contributed by atoms with E-state index in [1.165, 1.54) is 58.7 Å². The summed E-state index contributed by atoms with van der Waals surface area (Å²) in [5.74, 6) is 3.00. The molecule has 0 radical (unpaired) electrons. The second-order valence-electron chi connectivity index (χ2n) is 8.34. The van der Waals surface area contributed by atoms with Crippen molar-refractivity contribution >= 4 is 0 Å². The van der Waals surface area contributed by atoms with Crippen LogP contribution in [0, 0.1) is 17.8 Å². The molecule has 3 aliphatic rings. The molecule has 122 valence electrons. The summed E-state index contributed by atoms with van der Waals surface area (Å²) in [6.45, 7) is 18.6. The predicted molar refractivity (Wildman–Crippen MR) is 89.6 cm³/mol. The van der Waals surface area contributed by atoms with Crippen LogP contribution < -0.4 is 0 Å². The molecule has 0 amide bonds. The maximum atomic E-state index is 2.74. The van der Waals surface area contributed by atoms with Crippen molar-refractivity contribution in [2.75, 3.05) is 45.8 Å². The molecule has 2 heterocycles. The van der Waals surface area contributed by atoms with E-state index in [0.29, 0.717) is 0 Å². The Hall–Kier alpha value is -0.120. The highest BCUT2D eigenvalue weighted by Gasteiger charge is 2.41. The highest BCUT2D eigenvalue weighted by Crippen LogP contribution is 2.42. The Kier molecular flexibility index (Phi) is 4.92. The molecule has 0 spiro atoms. The second kappa shape index (κ2) is 6.55. The first-order valence-corrected chi connectivity index (χ1v) is 9.23. The van der Waals surface area contributed by atoms with Crippen molar-refractivity contribution in [2.45, 2.75) is 52.6 Å². The number of fused-ring (bicyclic) bond motifs is 1. The summed E-state index contributed by atoms with van der Waals surface area (Å²) in [5.41, 5.74) is 0. The van der Waals surface area contributed by atoms with Gasteiger partial charge >= 0.3 is 0 Å². The maximum Gasteiger partial charge on any atom is 0.0113 e. The summed E-state index contributed by atoms with van der Waals surface area (Å²) >= 11 is 0. The lowest BCUT2D eigenvalue weighted by atomic mass is 10.0. The van der Waals surface area contributed by atoms with Gasteiger partial charge in [-0.1, -0.05) is 0 Å². The van der Waals surface area contributed by atoms with Gasteiger partial charge in [0.25, 0.3) is 0 Å². The molecule has 1 saturated carbocycles. The van der Waals surface area contributed by atoms with Gasteiger partial charge in [0, 0.05) is 57.9 Å². The average molecular weight is 293 g/mol. The van der Waals surface area contributed by atoms with Crippen molar-refractivity contribution in [3.05, 3.63) is 0 Å². The molecule has 3 rings (SSSR count). The summed E-state index contributed by atoms with van der Waals surface area (Å²) < 4.78 is 0. The number of rotatable bonds is 4. The van der Waals surface area contributed by atoms with Crippen LogP contribution >= 0.6 is 0 Å². The van der Waals surface area contributed by atoms with Crippen LogP contribution in [0.15, 0.2) is 0 Å². The fourth-order valence-electron chi connectivity index (χ4n) is 4.86. The number of piperazine rings is 1. The normalized spacial score (nSPS) is 36.0. The van der Waals surface area contributed by atoms with Crippen LogP contribution in [-0.2, 0) is 0 Å². The van der Waals surface area contributed by atoms with Crippen molar-refractivity contribution in [1.29, 1.82) is 0 Å². The van der Waals surface area contributed by atoms with Gasteiger partial charge in [0.15, 0.2) is 0 Å². The van der Waals surface area contributed by atoms with Gasteiger partial charge in [-0.2, -0.15) is 0 Å². The predicted octanol–water partition coefficient (Wildman–Crippen LogP) is 2.38. The molecule has 2 unspecified atom stereocenters. The van der Waals surface area contributed by atoms with E-state index in [0.717, 1.165) is 29.8 Å². The Morgan fingerprint density at radius 1 is 0.762 bits per heavy atom. The van der Waals surface area contributed by atoms with Crippen LogP contribution in [0.4, 0.5) is 0 Å². The van der Waals surface area contributed by atoms with Gasteiger partial charge in [-0.3, -0.25) is 4.90 Å². The van der Waals surface area contributed by atoms with Crippen molar-refractivity contribution in [1.82, 2.24) is 14.7 Å². The Balaban J connectivity index is 1.41. The minimum absolute atomic E-state index is 0.722. The standard InChI is InChI=1S/C18H35N3/c1-14(2)20-7-5-19(6-8-20)11-16-9-17-12-21(15(3)4)13-18(17)10-16/h14-18H,5-13H2,1-4H3. The molecular weight excluding hydrogens is 258 g/mol. The molecule has 2 aliphatic heterocycles. The van der Waals surface area contributed by atoms with Crippen molar-refractivity contribution in [3.63, 3.8) is 0 Å². The smallest absolute Gasteiger partial charge is 0.0113 e. The first-order valence-electron chi connectivity index (χ1n) is 9.23. The third-order valence-electron chi connectivity index (χ3n) is 6.26. The van der Waals surface area contributed by atoms with Crippen LogP contribution in [-0.4, -0.2) is 72.6 Å². The second-order valence-corrected chi connectivity index (χ2v) is 8.34. The van der Waals surface area contributed by atoms with Crippen LogP contribution in [0.5, 0.6) is 0 Å². The Bertz CT molecular complexity index is 319. The molecule has 2 atom stereocenters. The van der Waals surface area contributed by atoms with E-state index < -0.39 is 0 Å². The molecule has 21 heavy (non-hydrogen) atoms. The third kappa shape index (κ3) is 3.62. The van der Waals surface area contributed by atoms with Crippen molar-refractivity contribution in [3.8, 4) is 0 Å². The van der Waals surface area contributed by atoms with E-state index in [-0.39, 0.29) is 0 Å². The Morgan fingerprint density at radius 2 is 1.29 bits per heavy atom. The zero-order valence-corrected chi connectivity index (χ0v) is 14.6. The first kappa shape index (κ1) is 15.8. The molecule has 0 aromatic rings. The summed E-state index contributed by atoms with van der Waals surface area (Å²) in [6, 6.07) is 1.47. The van der Waals surface area contributed by atoms with E-state index in [1.54, 1.807) is 0 Å². The number of likely N-dealkylation sites (tertiary alicyclic amines) is 1. The van der Waals surface area contributed by atoms with Gasteiger partial charge in [-0.25, -0.2) is 0 Å². The van der Waals surface area contributed by atoms with Crippen LogP contribution in [0.1, 0.15) is 40.5 Å². The highest BCUT2D eigenvalue weighted by atomic mass is 15.3. The van der Waals surface area contributed by atoms with Gasteiger partial charge < -0.3 is 9.80 Å². The van der Waals surface area contributed by atoms with Gasteiger partial charge in [0.1, 0.15) is 0 Å². The topological polar surface area (TPSA) is 9.72 Å². The van der Waals surface area contributed by atoms with Gasteiger partial charge in [-0.05, 0) is 58.3 Å². The molecule has 3 fully saturated rings. The minimum Gasteiger partial charge on any atom is -0.301 e. The number of nitrogens with zero attached hydrogens (tertiary/aromatic N) is 3. The minimum atomic E-state index is 0.722. The lowest BCUT2D eigenvalue weighted by Crippen LogP contribution is -2.49. The molecule has 0 aromatic carbocycles. The molecule has 0 bridgehead atoms. The number of hydrogen-bond donors (Lipinski definition) is 0.